The quantitative estimate of drug-likeness (QED) is 0.0997. The number of hydrogen-bond acceptors (Lipinski definition) is 17. The number of aromatic nitrogens is 4. The number of hydrogen-bond donors (Lipinski definition) is 3. The van der Waals surface area contributed by atoms with Gasteiger partial charge in [-0.15, -0.1) is 49.0 Å². The fourth-order valence-corrected chi connectivity index (χ4v) is 9.10. The van der Waals surface area contributed by atoms with Gasteiger partial charge in [0.15, 0.2) is 33.4 Å². The van der Waals surface area contributed by atoms with Crippen molar-refractivity contribution < 1.29 is 186 Å². The number of ether oxygens (including phenoxy) is 2. The van der Waals surface area contributed by atoms with Gasteiger partial charge in [-0.2, -0.15) is 0 Å². The monoisotopic (exact) mass is 1260 g/mol. The number of benzene rings is 2. The van der Waals surface area contributed by atoms with E-state index in [4.69, 9.17) is 42.4 Å². The van der Waals surface area contributed by atoms with Crippen LogP contribution in [0.5, 0.6) is 11.5 Å². The van der Waals surface area contributed by atoms with Gasteiger partial charge in [-0.25, -0.2) is 28.7 Å². The molecule has 4 amide bonds. The Bertz CT molecular complexity index is 2980. The Morgan fingerprint density at radius 1 is 0.646 bits per heavy atom. The van der Waals surface area contributed by atoms with Crippen LogP contribution in [0.2, 0.25) is 10.0 Å². The van der Waals surface area contributed by atoms with Crippen LogP contribution < -0.4 is 142 Å². The molecule has 3 N–H and O–H groups in total. The van der Waals surface area contributed by atoms with Crippen molar-refractivity contribution in [2.24, 2.45) is 0 Å². The van der Waals surface area contributed by atoms with Gasteiger partial charge in [-0.3, -0.25) is 29.8 Å². The topological polar surface area (TPSA) is 259 Å². The van der Waals surface area contributed by atoms with Gasteiger partial charge in [0.05, 0.1) is 40.4 Å². The van der Waals surface area contributed by atoms with Crippen LogP contribution in [0.15, 0.2) is 71.7 Å². The van der Waals surface area contributed by atoms with Gasteiger partial charge in [0.25, 0.3) is 11.8 Å². The van der Waals surface area contributed by atoms with E-state index in [1.807, 2.05) is 9.80 Å². The Kier molecular flexibility index (Phi) is 25.5. The Hall–Kier alpha value is -3.52. The summed E-state index contributed by atoms with van der Waals surface area (Å²) in [5.74, 6) is -4.60. The van der Waals surface area contributed by atoms with Crippen LogP contribution in [0, 0.1) is 11.6 Å². The van der Waals surface area contributed by atoms with E-state index in [2.05, 4.69) is 40.0 Å². The maximum absolute atomic E-state index is 14.5. The third-order valence-electron chi connectivity index (χ3n) is 10.6. The molecule has 0 aliphatic carbocycles. The maximum atomic E-state index is 14.5. The molecule has 0 bridgehead atoms. The Balaban J connectivity index is 0.000000306. The molecular weight excluding hydrogens is 1220 g/mol. The minimum Gasteiger partial charge on any atom is -0.790 e. The van der Waals surface area contributed by atoms with Crippen molar-refractivity contribution in [2.45, 2.75) is 26.6 Å². The summed E-state index contributed by atoms with van der Waals surface area (Å²) in [5.41, 5.74) is -0.0858. The van der Waals surface area contributed by atoms with Crippen LogP contribution in [-0.2, 0) is 14.2 Å². The Morgan fingerprint density at radius 3 is 1.27 bits per heavy atom. The predicted molar refractivity (Wildman–Crippen MR) is 262 cm³/mol. The van der Waals surface area contributed by atoms with Crippen molar-refractivity contribution in [3.8, 4) is 34.0 Å². The van der Waals surface area contributed by atoms with Gasteiger partial charge >= 0.3 is 115 Å². The second-order valence-electron chi connectivity index (χ2n) is 15.8. The molecule has 20 nitrogen and oxygen atoms in total. The predicted octanol–water partition coefficient (Wildman–Crippen LogP) is 1.45. The third-order valence-corrected chi connectivity index (χ3v) is 12.7. The van der Waals surface area contributed by atoms with Crippen molar-refractivity contribution in [1.82, 2.24) is 29.7 Å². The molecule has 35 heteroatoms. The molecule has 0 saturated carbocycles. The largest absolute Gasteiger partial charge is 1.00 e. The molecule has 6 heterocycles. The number of phosphoric acid groups is 1. The molecule has 79 heavy (non-hydrogen) atoms. The number of piperazine rings is 2. The first kappa shape index (κ1) is 68.0. The normalized spacial score (nSPS) is 13.6. The minimum atomic E-state index is -5.14. The minimum absolute atomic E-state index is 0. The average Bonchev–Trinajstić information content (AvgIpc) is 4.07. The summed E-state index contributed by atoms with van der Waals surface area (Å²) in [4.78, 5) is 96.7. The molecule has 2 aliphatic heterocycles. The Morgan fingerprint density at radius 2 is 0.975 bits per heavy atom. The van der Waals surface area contributed by atoms with Gasteiger partial charge in [-0.1, -0.05) is 35.3 Å². The third kappa shape index (κ3) is 20.4. The molecule has 2 saturated heterocycles. The van der Waals surface area contributed by atoms with E-state index in [1.165, 1.54) is 73.4 Å². The van der Waals surface area contributed by atoms with Crippen LogP contribution in [0.25, 0.3) is 22.5 Å². The van der Waals surface area contributed by atoms with Crippen LogP contribution in [-0.4, -0.2) is 123 Å². The van der Waals surface area contributed by atoms with Gasteiger partial charge < -0.3 is 48.3 Å². The van der Waals surface area contributed by atoms with E-state index in [-0.39, 0.29) is 169 Å². The van der Waals surface area contributed by atoms with Crippen molar-refractivity contribution in [3.05, 3.63) is 104 Å². The second-order valence-corrected chi connectivity index (χ2v) is 19.3. The van der Waals surface area contributed by atoms with Crippen LogP contribution in [0.4, 0.5) is 57.0 Å². The summed E-state index contributed by atoms with van der Waals surface area (Å²) in [5, 5.41) is 8.56. The molecule has 2 aliphatic rings. The summed E-state index contributed by atoms with van der Waals surface area (Å²) < 4.78 is 120. The summed E-state index contributed by atoms with van der Waals surface area (Å²) in [6, 6.07) is 9.50. The summed E-state index contributed by atoms with van der Waals surface area (Å²) >= 11 is 14.6. The van der Waals surface area contributed by atoms with Gasteiger partial charge in [-0.05, 0) is 36.4 Å². The van der Waals surface area contributed by atoms with E-state index in [0.717, 1.165) is 34.8 Å². The molecule has 412 valence electrons. The zero-order valence-electron chi connectivity index (χ0n) is 41.3. The van der Waals surface area contributed by atoms with Gasteiger partial charge in [0.2, 0.25) is 11.8 Å². The van der Waals surface area contributed by atoms with E-state index in [1.54, 1.807) is 9.80 Å². The number of carbonyl (C=O) groups excluding carboxylic acids is 4. The molecule has 0 radical (unpaired) electrons. The SMILES string of the molecule is CC(=O)N1CCN(c2ncc(C(=O)Nc3nc(-c4cccc(OC(F)(F)F)c4F)cs3)cc2Cl)CC1.CC(=O)N1CCN(c2ncc(C(=O)Nc3nc(-c4cccc(OC(F)(F)F)c4F)cs3)cc2Cl)CC1.O=P([O-])([O-])O.[K+].[K+]. The number of nitrogens with one attached hydrogen (secondary N) is 2. The van der Waals surface area contributed by atoms with Crippen molar-refractivity contribution in [1.29, 1.82) is 0 Å². The molecule has 6 aromatic rings. The van der Waals surface area contributed by atoms with Crippen LogP contribution >= 0.6 is 53.7 Å². The summed E-state index contributed by atoms with van der Waals surface area (Å²) in [6.45, 7) is 7.35. The molecule has 2 fully saturated rings. The number of thiazole rings is 2. The zero-order valence-corrected chi connectivity index (χ0v) is 51.6. The van der Waals surface area contributed by atoms with E-state index >= 15 is 0 Å². The van der Waals surface area contributed by atoms with E-state index in [9.17, 15) is 54.3 Å². The number of alkyl halides is 6. The van der Waals surface area contributed by atoms with Crippen molar-refractivity contribution in [2.75, 3.05) is 72.8 Å². The van der Waals surface area contributed by atoms with E-state index in [0.29, 0.717) is 64.0 Å². The van der Waals surface area contributed by atoms with Crippen LogP contribution in [0.3, 0.4) is 0 Å². The molecule has 0 spiro atoms. The molecular formula is C44H37Cl2F8K2N10O10PS2. The van der Waals surface area contributed by atoms with Crippen molar-refractivity contribution in [3.63, 3.8) is 0 Å². The van der Waals surface area contributed by atoms with Gasteiger partial charge in [0, 0.05) is 100 Å². The smallest absolute Gasteiger partial charge is 0.790 e. The summed E-state index contributed by atoms with van der Waals surface area (Å²) in [6.07, 6.45) is -7.40. The fourth-order valence-electron chi connectivity index (χ4n) is 7.11. The average molecular weight is 1260 g/mol. The fraction of sp³-hybridized carbons (Fsp3) is 0.273. The van der Waals surface area contributed by atoms with Gasteiger partial charge in [0.1, 0.15) is 11.6 Å². The standard InChI is InChI=1S/2C22H18ClF4N5O3S.2K.H3O4P/c2*1-12(33)31-5-7-32(8-6-31)19-15(23)9-13(10-28-19)20(34)30-21-29-16(11-36-21)14-3-2-4-17(18(14)24)35-22(25,26)27;;;1-5(2,3)4/h2*2-4,9-11H,5-8H2,1H3,(H,29,30,34);;;(H3,1,2,3,4)/q;;2*+1;/p-2. The first-order chi connectivity index (χ1) is 36.0. The first-order valence-corrected chi connectivity index (χ1v) is 25.7. The number of rotatable bonds is 10. The summed E-state index contributed by atoms with van der Waals surface area (Å²) in [7, 11) is -5.14. The number of nitrogens with zero attached hydrogens (tertiary/aromatic N) is 8. The number of amides is 4. The first-order valence-electron chi connectivity index (χ1n) is 21.7. The molecule has 0 unspecified atom stereocenters. The van der Waals surface area contributed by atoms with Crippen LogP contribution in [0.1, 0.15) is 34.6 Å². The maximum Gasteiger partial charge on any atom is 1.00 e. The zero-order chi connectivity index (χ0) is 56.6. The Labute approximate surface area is 545 Å². The number of carbonyl (C=O) groups is 4. The molecule has 2 aromatic carbocycles. The molecule has 8 rings (SSSR count). The number of pyridine rings is 2. The number of anilines is 4. The molecule has 0 atom stereocenters. The van der Waals surface area contributed by atoms with E-state index < -0.39 is 55.5 Å². The second kappa shape index (κ2) is 29.6. The van der Waals surface area contributed by atoms with Crippen molar-refractivity contribution >= 4 is 99.2 Å². The number of halogens is 10. The molecule has 4 aromatic heterocycles.